The molecule has 0 atom stereocenters. The number of halogens is 2. The van der Waals surface area contributed by atoms with E-state index in [2.05, 4.69) is 12.2 Å². The first-order valence-corrected chi connectivity index (χ1v) is 6.25. The van der Waals surface area contributed by atoms with Gasteiger partial charge in [0.2, 0.25) is 5.82 Å². The minimum Gasteiger partial charge on any atom is -0.375 e. The van der Waals surface area contributed by atoms with Crippen molar-refractivity contribution in [3.05, 3.63) is 33.9 Å². The van der Waals surface area contributed by atoms with Gasteiger partial charge in [0.05, 0.1) is 4.92 Å². The number of benzene rings is 1. The lowest BCUT2D eigenvalue weighted by Gasteiger charge is -2.08. The fourth-order valence-corrected chi connectivity index (χ4v) is 2.09. The quantitative estimate of drug-likeness (QED) is 0.402. The molecule has 0 spiro atoms. The van der Waals surface area contributed by atoms with Gasteiger partial charge in [-0.2, -0.15) is 4.39 Å². The summed E-state index contributed by atoms with van der Waals surface area (Å²) >= 11 is 4.31. The molecule has 8 nitrogen and oxygen atoms in total. The minimum absolute atomic E-state index is 0.0907. The third kappa shape index (κ3) is 3.52. The SMILES string of the molecule is NC(=S)NNS(=O)(=O)c1cc([N+](=O)[O-])c(F)cc1F. The molecule has 0 fully saturated rings. The third-order valence-electron chi connectivity index (χ3n) is 1.80. The standard InChI is InChI=1S/C7H6F2N4O4S2/c8-3-1-4(9)6(2-5(3)13(14)15)19(16,17)12-11-7(10)18/h1-2,12H,(H3,10,11,18). The fourth-order valence-electron chi connectivity index (χ4n) is 1.04. The molecule has 0 aliphatic heterocycles. The number of hydrogen-bond acceptors (Lipinski definition) is 5. The van der Waals surface area contributed by atoms with Crippen molar-refractivity contribution < 1.29 is 22.1 Å². The maximum absolute atomic E-state index is 13.3. The number of nitrogens with zero attached hydrogens (tertiary/aromatic N) is 1. The molecule has 1 aromatic carbocycles. The van der Waals surface area contributed by atoms with Gasteiger partial charge in [0, 0.05) is 12.1 Å². The molecule has 12 heteroatoms. The largest absolute Gasteiger partial charge is 0.375 e. The topological polar surface area (TPSA) is 127 Å². The Morgan fingerprint density at radius 3 is 2.42 bits per heavy atom. The van der Waals surface area contributed by atoms with Crippen molar-refractivity contribution in [3.63, 3.8) is 0 Å². The van der Waals surface area contributed by atoms with Crippen LogP contribution in [0.25, 0.3) is 0 Å². The van der Waals surface area contributed by atoms with Crippen molar-refractivity contribution in [1.82, 2.24) is 10.3 Å². The van der Waals surface area contributed by atoms with Gasteiger partial charge in [0.15, 0.2) is 5.11 Å². The number of nitrogens with two attached hydrogens (primary N) is 1. The first kappa shape index (κ1) is 15.1. The first-order valence-electron chi connectivity index (χ1n) is 4.36. The Bertz CT molecular complexity index is 649. The van der Waals surface area contributed by atoms with E-state index in [1.54, 1.807) is 4.83 Å². The number of thiocarbonyl (C=S) groups is 1. The summed E-state index contributed by atoms with van der Waals surface area (Å²) < 4.78 is 49.5. The maximum Gasteiger partial charge on any atom is 0.306 e. The molecule has 19 heavy (non-hydrogen) atoms. The average Bonchev–Trinajstić information content (AvgIpc) is 2.25. The molecule has 1 aromatic rings. The van der Waals surface area contributed by atoms with Crippen LogP contribution in [0.1, 0.15) is 0 Å². The van der Waals surface area contributed by atoms with Gasteiger partial charge < -0.3 is 5.73 Å². The molecule has 0 saturated heterocycles. The Morgan fingerprint density at radius 1 is 1.37 bits per heavy atom. The predicted molar refractivity (Wildman–Crippen MR) is 63.3 cm³/mol. The van der Waals surface area contributed by atoms with Crippen LogP contribution in [0.2, 0.25) is 0 Å². The molecular formula is C7H6F2N4O4S2. The van der Waals surface area contributed by atoms with E-state index >= 15 is 0 Å². The Morgan fingerprint density at radius 2 is 1.95 bits per heavy atom. The number of nitro groups is 1. The number of sulfonamides is 1. The van der Waals surface area contributed by atoms with Crippen molar-refractivity contribution in [2.45, 2.75) is 4.90 Å². The Balaban J connectivity index is 3.30. The lowest BCUT2D eigenvalue weighted by atomic mass is 10.3. The number of hydrazine groups is 1. The van der Waals surface area contributed by atoms with E-state index in [1.165, 1.54) is 0 Å². The van der Waals surface area contributed by atoms with Crippen molar-refractivity contribution >= 4 is 33.0 Å². The first-order chi connectivity index (χ1) is 8.65. The molecular weight excluding hydrogens is 306 g/mol. The summed E-state index contributed by atoms with van der Waals surface area (Å²) in [5, 5.41) is 9.99. The number of nitrogens with one attached hydrogen (secondary N) is 2. The van der Waals surface area contributed by atoms with E-state index in [1.807, 2.05) is 5.43 Å². The monoisotopic (exact) mass is 312 g/mol. The maximum atomic E-state index is 13.3. The van der Waals surface area contributed by atoms with Gasteiger partial charge in [0.1, 0.15) is 10.7 Å². The van der Waals surface area contributed by atoms with Crippen LogP contribution in [0.3, 0.4) is 0 Å². The highest BCUT2D eigenvalue weighted by Gasteiger charge is 2.26. The highest BCUT2D eigenvalue weighted by Crippen LogP contribution is 2.24. The summed E-state index contributed by atoms with van der Waals surface area (Å²) in [5.41, 5.74) is 5.58. The molecule has 0 unspecified atom stereocenters. The van der Waals surface area contributed by atoms with E-state index in [-0.39, 0.29) is 12.1 Å². The third-order valence-corrected chi connectivity index (χ3v) is 3.16. The van der Waals surface area contributed by atoms with Crippen molar-refractivity contribution in [2.24, 2.45) is 5.73 Å². The van der Waals surface area contributed by atoms with Crippen LogP contribution in [0.15, 0.2) is 17.0 Å². The fraction of sp³-hybridized carbons (Fsp3) is 0. The van der Waals surface area contributed by atoms with Gasteiger partial charge in [0.25, 0.3) is 10.0 Å². The van der Waals surface area contributed by atoms with Gasteiger partial charge in [-0.1, -0.05) is 0 Å². The summed E-state index contributed by atoms with van der Waals surface area (Å²) in [6.45, 7) is 0. The van der Waals surface area contributed by atoms with Crippen LogP contribution >= 0.6 is 12.2 Å². The van der Waals surface area contributed by atoms with Crippen molar-refractivity contribution in [1.29, 1.82) is 0 Å². The molecule has 0 aliphatic carbocycles. The zero-order chi connectivity index (χ0) is 14.8. The number of nitro benzene ring substituents is 1. The van der Waals surface area contributed by atoms with Crippen LogP contribution in [0.4, 0.5) is 14.5 Å². The molecule has 4 N–H and O–H groups in total. The molecule has 0 bridgehead atoms. The second-order valence-electron chi connectivity index (χ2n) is 3.09. The zero-order valence-electron chi connectivity index (χ0n) is 8.88. The second-order valence-corrected chi connectivity index (χ2v) is 5.18. The normalized spacial score (nSPS) is 11.1. The Hall–Kier alpha value is -1.92. The van der Waals surface area contributed by atoms with Crippen LogP contribution in [-0.4, -0.2) is 18.5 Å². The summed E-state index contributed by atoms with van der Waals surface area (Å²) in [7, 11) is -4.53. The molecule has 0 radical (unpaired) electrons. The van der Waals surface area contributed by atoms with Crippen LogP contribution < -0.4 is 16.0 Å². The summed E-state index contributed by atoms with van der Waals surface area (Å²) in [4.78, 5) is 9.72. The number of hydrogen-bond donors (Lipinski definition) is 3. The average molecular weight is 312 g/mol. The molecule has 1 rings (SSSR count). The minimum atomic E-state index is -4.53. The molecule has 0 aliphatic rings. The van der Waals surface area contributed by atoms with Gasteiger partial charge >= 0.3 is 5.69 Å². The van der Waals surface area contributed by atoms with Gasteiger partial charge in [-0.05, 0) is 12.2 Å². The van der Waals surface area contributed by atoms with E-state index in [9.17, 15) is 27.3 Å². The second kappa shape index (κ2) is 5.38. The molecule has 0 aromatic heterocycles. The summed E-state index contributed by atoms with van der Waals surface area (Å²) in [5.74, 6) is -3.00. The van der Waals surface area contributed by atoms with Crippen LogP contribution in [0.5, 0.6) is 0 Å². The van der Waals surface area contributed by atoms with Gasteiger partial charge in [-0.15, -0.1) is 4.83 Å². The molecule has 0 amide bonds. The van der Waals surface area contributed by atoms with Crippen LogP contribution in [0, 0.1) is 21.7 Å². The Labute approximate surface area is 110 Å². The molecule has 0 heterocycles. The molecule has 0 saturated carbocycles. The highest BCUT2D eigenvalue weighted by molar-refractivity contribution is 7.89. The summed E-state index contributed by atoms with van der Waals surface area (Å²) in [6.07, 6.45) is 0. The van der Waals surface area contributed by atoms with Crippen LogP contribution in [-0.2, 0) is 10.0 Å². The smallest absolute Gasteiger partial charge is 0.306 e. The Kier molecular flexibility index (Phi) is 4.28. The van der Waals surface area contributed by atoms with E-state index < -0.39 is 42.3 Å². The zero-order valence-corrected chi connectivity index (χ0v) is 10.5. The highest BCUT2D eigenvalue weighted by atomic mass is 32.2. The lowest BCUT2D eigenvalue weighted by molar-refractivity contribution is -0.387. The molecule has 104 valence electrons. The summed E-state index contributed by atoms with van der Waals surface area (Å²) in [6, 6.07) is 0.335. The van der Waals surface area contributed by atoms with E-state index in [0.717, 1.165) is 0 Å². The van der Waals surface area contributed by atoms with Gasteiger partial charge in [-0.25, -0.2) is 12.8 Å². The van der Waals surface area contributed by atoms with E-state index in [0.29, 0.717) is 0 Å². The predicted octanol–water partition coefficient (Wildman–Crippen LogP) is -0.100. The van der Waals surface area contributed by atoms with Crippen molar-refractivity contribution in [3.8, 4) is 0 Å². The lowest BCUT2D eigenvalue weighted by Crippen LogP contribution is -2.44. The number of rotatable bonds is 4. The van der Waals surface area contributed by atoms with Crippen molar-refractivity contribution in [2.75, 3.05) is 0 Å². The van der Waals surface area contributed by atoms with Gasteiger partial charge in [-0.3, -0.25) is 15.5 Å². The van der Waals surface area contributed by atoms with E-state index in [4.69, 9.17) is 5.73 Å².